The van der Waals surface area contributed by atoms with E-state index in [1.807, 2.05) is 6.92 Å². The molecule has 8 heteroatoms. The van der Waals surface area contributed by atoms with E-state index in [2.05, 4.69) is 10.1 Å². The Hall–Kier alpha value is -2.09. The lowest BCUT2D eigenvalue weighted by atomic mass is 10.1. The van der Waals surface area contributed by atoms with E-state index in [-0.39, 0.29) is 29.6 Å². The maximum atomic E-state index is 12.7. The van der Waals surface area contributed by atoms with Crippen molar-refractivity contribution in [2.24, 2.45) is 0 Å². The third-order valence-corrected chi connectivity index (χ3v) is 2.66. The van der Waals surface area contributed by atoms with E-state index in [4.69, 9.17) is 15.0 Å². The summed E-state index contributed by atoms with van der Waals surface area (Å²) >= 11 is 0. The molecule has 2 aromatic rings. The molecule has 0 unspecified atom stereocenters. The van der Waals surface area contributed by atoms with Crippen molar-refractivity contribution in [3.05, 3.63) is 29.6 Å². The lowest BCUT2D eigenvalue weighted by molar-refractivity contribution is -0.137. The van der Waals surface area contributed by atoms with Gasteiger partial charge in [0, 0.05) is 12.3 Å². The minimum absolute atomic E-state index is 0.0547. The molecule has 0 bridgehead atoms. The number of halogens is 3. The highest BCUT2D eigenvalue weighted by atomic mass is 19.4. The molecule has 0 aliphatic carbocycles. The van der Waals surface area contributed by atoms with E-state index in [0.29, 0.717) is 6.61 Å². The van der Waals surface area contributed by atoms with Crippen LogP contribution in [0.2, 0.25) is 0 Å². The van der Waals surface area contributed by atoms with Crippen LogP contribution in [0.3, 0.4) is 0 Å². The van der Waals surface area contributed by atoms with Crippen LogP contribution in [0.5, 0.6) is 0 Å². The van der Waals surface area contributed by atoms with Crippen molar-refractivity contribution in [2.75, 3.05) is 12.3 Å². The van der Waals surface area contributed by atoms with E-state index >= 15 is 0 Å². The second-order valence-electron chi connectivity index (χ2n) is 4.37. The Morgan fingerprint density at radius 1 is 1.33 bits per heavy atom. The van der Waals surface area contributed by atoms with Gasteiger partial charge < -0.3 is 15.0 Å². The van der Waals surface area contributed by atoms with Gasteiger partial charge in [-0.3, -0.25) is 0 Å². The zero-order valence-electron chi connectivity index (χ0n) is 11.3. The van der Waals surface area contributed by atoms with Crippen LogP contribution >= 0.6 is 0 Å². The molecular weight excluding hydrogens is 287 g/mol. The van der Waals surface area contributed by atoms with Crippen LogP contribution in [0.15, 0.2) is 22.7 Å². The van der Waals surface area contributed by atoms with Crippen molar-refractivity contribution in [1.82, 2.24) is 10.1 Å². The van der Waals surface area contributed by atoms with Crippen LogP contribution in [0.4, 0.5) is 18.9 Å². The molecule has 1 aromatic carbocycles. The fraction of sp³-hybridized carbons (Fsp3) is 0.385. The number of hydrogen-bond acceptors (Lipinski definition) is 5. The zero-order chi connectivity index (χ0) is 15.5. The molecule has 0 aliphatic rings. The molecule has 1 aromatic heterocycles. The molecule has 114 valence electrons. The number of nitrogen functional groups attached to an aromatic ring is 1. The number of anilines is 1. The molecule has 0 amide bonds. The monoisotopic (exact) mass is 301 g/mol. The molecule has 0 spiro atoms. The van der Waals surface area contributed by atoms with Crippen LogP contribution in [-0.2, 0) is 17.5 Å². The van der Waals surface area contributed by atoms with Crippen LogP contribution in [-0.4, -0.2) is 16.7 Å². The average molecular weight is 301 g/mol. The summed E-state index contributed by atoms with van der Waals surface area (Å²) < 4.78 is 48.3. The summed E-state index contributed by atoms with van der Waals surface area (Å²) in [6.45, 7) is 2.62. The fourth-order valence-corrected chi connectivity index (χ4v) is 1.65. The molecule has 0 fully saturated rings. The molecule has 2 rings (SSSR count). The Morgan fingerprint density at radius 3 is 2.76 bits per heavy atom. The average Bonchev–Trinajstić information content (AvgIpc) is 2.87. The van der Waals surface area contributed by atoms with Gasteiger partial charge in [-0.25, -0.2) is 0 Å². The second kappa shape index (κ2) is 6.13. The van der Waals surface area contributed by atoms with E-state index in [1.165, 1.54) is 0 Å². The Balaban J connectivity index is 2.25. The van der Waals surface area contributed by atoms with Crippen molar-refractivity contribution in [2.45, 2.75) is 26.1 Å². The molecule has 21 heavy (non-hydrogen) atoms. The number of rotatable bonds is 5. The second-order valence-corrected chi connectivity index (χ2v) is 4.37. The molecule has 0 aliphatic heterocycles. The molecule has 0 atom stereocenters. The molecule has 0 radical (unpaired) electrons. The molecule has 1 heterocycles. The smallest absolute Gasteiger partial charge is 0.398 e. The summed E-state index contributed by atoms with van der Waals surface area (Å²) in [7, 11) is 0. The van der Waals surface area contributed by atoms with Gasteiger partial charge in [0.05, 0.1) is 11.1 Å². The lowest BCUT2D eigenvalue weighted by Crippen LogP contribution is -2.05. The number of nitrogens with two attached hydrogens (primary N) is 1. The van der Waals surface area contributed by atoms with Gasteiger partial charge in [-0.1, -0.05) is 12.1 Å². The molecule has 5 nitrogen and oxygen atoms in total. The standard InChI is InChI=1S/C13H14F3N3O2/c1-2-5-20-7-11-18-12(21-19-11)9-6-8(13(14,15)16)3-4-10(9)17/h3-4,6H,2,5,7,17H2,1H3. The minimum atomic E-state index is -4.46. The summed E-state index contributed by atoms with van der Waals surface area (Å²) in [6.07, 6.45) is -3.62. The van der Waals surface area contributed by atoms with Crippen LogP contribution in [0, 0.1) is 0 Å². The van der Waals surface area contributed by atoms with E-state index < -0.39 is 11.7 Å². The molecule has 0 saturated heterocycles. The third kappa shape index (κ3) is 3.72. The largest absolute Gasteiger partial charge is 0.416 e. The zero-order valence-corrected chi connectivity index (χ0v) is 11.3. The highest BCUT2D eigenvalue weighted by Gasteiger charge is 2.31. The highest BCUT2D eigenvalue weighted by Crippen LogP contribution is 2.34. The highest BCUT2D eigenvalue weighted by molar-refractivity contribution is 5.71. The first kappa shape index (κ1) is 15.3. The van der Waals surface area contributed by atoms with Gasteiger partial charge in [0.25, 0.3) is 5.89 Å². The van der Waals surface area contributed by atoms with Gasteiger partial charge in [0.2, 0.25) is 0 Å². The quantitative estimate of drug-likeness (QED) is 0.677. The van der Waals surface area contributed by atoms with Gasteiger partial charge in [0.15, 0.2) is 5.82 Å². The number of hydrogen-bond donors (Lipinski definition) is 1. The fourth-order valence-electron chi connectivity index (χ4n) is 1.65. The Morgan fingerprint density at radius 2 is 2.10 bits per heavy atom. The van der Waals surface area contributed by atoms with Crippen LogP contribution < -0.4 is 5.73 Å². The first-order valence-electron chi connectivity index (χ1n) is 6.29. The first-order valence-corrected chi connectivity index (χ1v) is 6.29. The van der Waals surface area contributed by atoms with Gasteiger partial charge in [-0.15, -0.1) is 0 Å². The Bertz CT molecular complexity index is 611. The number of aromatic nitrogens is 2. The van der Waals surface area contributed by atoms with E-state index in [0.717, 1.165) is 24.6 Å². The molecule has 2 N–H and O–H groups in total. The van der Waals surface area contributed by atoms with E-state index in [9.17, 15) is 13.2 Å². The van der Waals surface area contributed by atoms with Crippen molar-refractivity contribution in [3.8, 4) is 11.5 Å². The lowest BCUT2D eigenvalue weighted by Gasteiger charge is -2.08. The maximum Gasteiger partial charge on any atom is 0.416 e. The Kier molecular flexibility index (Phi) is 4.46. The number of nitrogens with zero attached hydrogens (tertiary/aromatic N) is 2. The summed E-state index contributed by atoms with van der Waals surface area (Å²) in [6, 6.07) is 2.95. The molecular formula is C13H14F3N3O2. The number of ether oxygens (including phenoxy) is 1. The van der Waals surface area contributed by atoms with Crippen molar-refractivity contribution >= 4 is 5.69 Å². The predicted octanol–water partition coefficient (Wildman–Crippen LogP) is 3.26. The first-order chi connectivity index (χ1) is 9.91. The third-order valence-electron chi connectivity index (χ3n) is 2.66. The van der Waals surface area contributed by atoms with Crippen molar-refractivity contribution < 1.29 is 22.4 Å². The summed E-state index contributed by atoms with van der Waals surface area (Å²) in [5, 5.41) is 3.65. The molecule has 0 saturated carbocycles. The van der Waals surface area contributed by atoms with Crippen LogP contribution in [0.1, 0.15) is 24.7 Å². The summed E-state index contributed by atoms with van der Waals surface area (Å²) in [5.74, 6) is 0.198. The van der Waals surface area contributed by atoms with Gasteiger partial charge in [-0.05, 0) is 24.6 Å². The van der Waals surface area contributed by atoms with E-state index in [1.54, 1.807) is 0 Å². The van der Waals surface area contributed by atoms with Crippen LogP contribution in [0.25, 0.3) is 11.5 Å². The van der Waals surface area contributed by atoms with Crippen molar-refractivity contribution in [1.29, 1.82) is 0 Å². The van der Waals surface area contributed by atoms with Crippen molar-refractivity contribution in [3.63, 3.8) is 0 Å². The topological polar surface area (TPSA) is 74.2 Å². The SMILES string of the molecule is CCCOCc1noc(-c2cc(C(F)(F)F)ccc2N)n1. The number of alkyl halides is 3. The summed E-state index contributed by atoms with van der Waals surface area (Å²) in [5.41, 5.74) is 5.03. The van der Waals surface area contributed by atoms with Gasteiger partial charge >= 0.3 is 6.18 Å². The van der Waals surface area contributed by atoms with Gasteiger partial charge in [-0.2, -0.15) is 18.2 Å². The predicted molar refractivity (Wildman–Crippen MR) is 69.1 cm³/mol. The minimum Gasteiger partial charge on any atom is -0.398 e. The number of benzene rings is 1. The Labute approximate surface area is 118 Å². The van der Waals surface area contributed by atoms with Gasteiger partial charge in [0.1, 0.15) is 6.61 Å². The normalized spacial score (nSPS) is 11.8. The summed E-state index contributed by atoms with van der Waals surface area (Å²) in [4.78, 5) is 3.99. The maximum absolute atomic E-state index is 12.7.